The summed E-state index contributed by atoms with van der Waals surface area (Å²) < 4.78 is 16.6. The smallest absolute Gasteiger partial charge is 0.335 e. The van der Waals surface area contributed by atoms with Crippen LogP contribution in [0, 0.1) is 46.3 Å². The van der Waals surface area contributed by atoms with Crippen LogP contribution in [0.25, 0.3) is 0 Å². The minimum atomic E-state index is -0.750. The van der Waals surface area contributed by atoms with Crippen LogP contribution in [0.3, 0.4) is 0 Å². The summed E-state index contributed by atoms with van der Waals surface area (Å²) in [5.74, 6) is 5.45. The highest BCUT2D eigenvalue weighted by Gasteiger charge is 2.60. The molecular weight excluding hydrogens is 408 g/mol. The highest BCUT2D eigenvalue weighted by molar-refractivity contribution is 7.51. The molecule has 1 N–H and O–H groups in total. The highest BCUT2D eigenvalue weighted by Crippen LogP contribution is 2.68. The predicted molar refractivity (Wildman–Crippen MR) is 124 cm³/mol. The first-order valence-electron chi connectivity index (χ1n) is 12.8. The summed E-state index contributed by atoms with van der Waals surface area (Å²) in [5, 5.41) is 10.2. The molecule has 0 spiro atoms. The lowest BCUT2D eigenvalue weighted by atomic mass is 9.44. The van der Waals surface area contributed by atoms with Gasteiger partial charge in [-0.25, -0.2) is 0 Å². The summed E-state index contributed by atoms with van der Waals surface area (Å²) in [6.45, 7) is 9.66. The fourth-order valence-electron chi connectivity index (χ4n) is 8.98. The highest BCUT2D eigenvalue weighted by atomic mass is 32.1. The lowest BCUT2D eigenvalue weighted by Crippen LogP contribution is -2.54. The molecule has 178 valence electrons. The van der Waals surface area contributed by atoms with Gasteiger partial charge >= 0.3 is 11.6 Å². The average Bonchev–Trinajstić information content (AvgIpc) is 3.10. The van der Waals surface area contributed by atoms with Crippen molar-refractivity contribution in [3.63, 3.8) is 0 Å². The van der Waals surface area contributed by atoms with Crippen molar-refractivity contribution in [3.8, 4) is 0 Å². The molecule has 0 aromatic heterocycles. The van der Waals surface area contributed by atoms with E-state index in [0.717, 1.165) is 55.3 Å². The standard InChI is InChI=1S/C26H44O2.O2S/c1-5-19(27)8-6-17(2)22-10-11-23-21-9-7-18-16-20(28)12-14-25(18,3)24(21)13-15-26(22,23)4;1-3-2/h17-18,20-24,28H,5-16H2,1-4H3;/t17-,18-,20-,21+,22-,23+,24+,25+,26-;/m1./s1. The fraction of sp³-hybridized carbons (Fsp3) is 0.962. The summed E-state index contributed by atoms with van der Waals surface area (Å²) in [4.78, 5) is 11.9. The Morgan fingerprint density at radius 3 is 2.32 bits per heavy atom. The minimum absolute atomic E-state index is 0.0361. The van der Waals surface area contributed by atoms with Crippen LogP contribution in [0.1, 0.15) is 105 Å². The van der Waals surface area contributed by atoms with Gasteiger partial charge in [-0.1, -0.05) is 27.7 Å². The van der Waals surface area contributed by atoms with Crippen LogP contribution < -0.4 is 0 Å². The molecule has 0 bridgehead atoms. The van der Waals surface area contributed by atoms with E-state index in [-0.39, 0.29) is 6.10 Å². The Morgan fingerprint density at radius 2 is 1.65 bits per heavy atom. The Morgan fingerprint density at radius 1 is 1.00 bits per heavy atom. The molecule has 4 aliphatic carbocycles. The Balaban J connectivity index is 0.000000858. The summed E-state index contributed by atoms with van der Waals surface area (Å²) in [6.07, 6.45) is 14.3. The number of carbonyl (C=O) groups excluding carboxylic acids is 1. The number of ketones is 1. The van der Waals surface area contributed by atoms with Crippen LogP contribution in [0.5, 0.6) is 0 Å². The van der Waals surface area contributed by atoms with Crippen LogP contribution in [0.2, 0.25) is 0 Å². The van der Waals surface area contributed by atoms with Crippen LogP contribution in [-0.4, -0.2) is 25.4 Å². The molecule has 0 aromatic carbocycles. The summed E-state index contributed by atoms with van der Waals surface area (Å²) in [7, 11) is 0. The average molecular weight is 453 g/mol. The van der Waals surface area contributed by atoms with Gasteiger partial charge in [0.1, 0.15) is 5.78 Å². The first-order chi connectivity index (χ1) is 14.7. The molecule has 4 aliphatic rings. The molecule has 0 heterocycles. The van der Waals surface area contributed by atoms with Crippen molar-refractivity contribution in [2.45, 2.75) is 111 Å². The second kappa shape index (κ2) is 10.2. The first-order valence-corrected chi connectivity index (χ1v) is 13.5. The summed E-state index contributed by atoms with van der Waals surface area (Å²) >= 11 is -0.750. The van der Waals surface area contributed by atoms with E-state index in [2.05, 4.69) is 20.8 Å². The molecule has 9 atom stereocenters. The van der Waals surface area contributed by atoms with E-state index in [0.29, 0.717) is 29.0 Å². The lowest BCUT2D eigenvalue weighted by molar-refractivity contribution is -0.129. The molecule has 4 rings (SSSR count). The van der Waals surface area contributed by atoms with E-state index in [9.17, 15) is 9.90 Å². The summed E-state index contributed by atoms with van der Waals surface area (Å²) in [6, 6.07) is 0. The van der Waals surface area contributed by atoms with Gasteiger partial charge in [0.05, 0.1) is 6.10 Å². The molecule has 0 amide bonds. The fourth-order valence-corrected chi connectivity index (χ4v) is 8.98. The molecule has 31 heavy (non-hydrogen) atoms. The van der Waals surface area contributed by atoms with E-state index in [1.807, 2.05) is 6.92 Å². The van der Waals surface area contributed by atoms with Crippen LogP contribution in [-0.2, 0) is 16.4 Å². The van der Waals surface area contributed by atoms with Gasteiger partial charge < -0.3 is 5.11 Å². The molecule has 0 aromatic rings. The van der Waals surface area contributed by atoms with Crippen LogP contribution >= 0.6 is 0 Å². The maximum absolute atomic E-state index is 11.9. The van der Waals surface area contributed by atoms with Gasteiger partial charge in [0.15, 0.2) is 0 Å². The number of fused-ring (bicyclic) bond motifs is 5. The zero-order chi connectivity index (χ0) is 22.8. The molecule has 0 unspecified atom stereocenters. The Bertz CT molecular complexity index is 674. The first kappa shape index (κ1) is 25.1. The molecule has 4 fully saturated rings. The van der Waals surface area contributed by atoms with Crippen molar-refractivity contribution in [1.82, 2.24) is 0 Å². The molecule has 0 aliphatic heterocycles. The van der Waals surface area contributed by atoms with E-state index < -0.39 is 11.6 Å². The second-order valence-electron chi connectivity index (χ2n) is 11.8. The third-order valence-corrected chi connectivity index (χ3v) is 10.7. The zero-order valence-corrected chi connectivity index (χ0v) is 20.9. The Kier molecular flexibility index (Phi) is 8.22. The number of hydrogen-bond acceptors (Lipinski definition) is 4. The number of rotatable bonds is 5. The van der Waals surface area contributed by atoms with Gasteiger partial charge in [-0.2, -0.15) is 8.42 Å². The minimum Gasteiger partial charge on any atom is -0.393 e. The van der Waals surface area contributed by atoms with E-state index >= 15 is 0 Å². The van der Waals surface area contributed by atoms with Gasteiger partial charge in [0.2, 0.25) is 0 Å². The van der Waals surface area contributed by atoms with Crippen LogP contribution in [0.4, 0.5) is 0 Å². The van der Waals surface area contributed by atoms with E-state index in [1.165, 1.54) is 44.9 Å². The van der Waals surface area contributed by atoms with Crippen LogP contribution in [0.15, 0.2) is 0 Å². The van der Waals surface area contributed by atoms with Gasteiger partial charge in [-0.15, -0.1) is 0 Å². The van der Waals surface area contributed by atoms with Crippen molar-refractivity contribution in [2.24, 2.45) is 46.3 Å². The zero-order valence-electron chi connectivity index (χ0n) is 20.1. The predicted octanol–water partition coefficient (Wildman–Crippen LogP) is 5.73. The van der Waals surface area contributed by atoms with Crippen molar-refractivity contribution < 1.29 is 18.3 Å². The number of Topliss-reactive ketones (excluding diaryl/α,β-unsaturated/α-hetero) is 1. The van der Waals surface area contributed by atoms with Gasteiger partial charge in [0.25, 0.3) is 0 Å². The molecule has 5 heteroatoms. The number of aliphatic hydroxyl groups is 1. The van der Waals surface area contributed by atoms with Gasteiger partial charge in [-0.3, -0.25) is 4.79 Å². The Labute approximate surface area is 192 Å². The molecule has 0 saturated heterocycles. The van der Waals surface area contributed by atoms with E-state index in [4.69, 9.17) is 8.42 Å². The maximum atomic E-state index is 11.9. The largest absolute Gasteiger partial charge is 0.393 e. The van der Waals surface area contributed by atoms with Gasteiger partial charge in [0, 0.05) is 12.8 Å². The van der Waals surface area contributed by atoms with Gasteiger partial charge in [-0.05, 0) is 111 Å². The number of carbonyl (C=O) groups is 1. The van der Waals surface area contributed by atoms with Crippen molar-refractivity contribution in [1.29, 1.82) is 0 Å². The van der Waals surface area contributed by atoms with Crippen molar-refractivity contribution in [3.05, 3.63) is 0 Å². The topological polar surface area (TPSA) is 71.4 Å². The molecule has 4 saturated carbocycles. The monoisotopic (exact) mass is 452 g/mol. The molecule has 4 nitrogen and oxygen atoms in total. The lowest BCUT2D eigenvalue weighted by Gasteiger charge is -2.61. The summed E-state index contributed by atoms with van der Waals surface area (Å²) in [5.41, 5.74) is 0.994. The second-order valence-corrected chi connectivity index (χ2v) is 11.9. The van der Waals surface area contributed by atoms with Crippen molar-refractivity contribution in [2.75, 3.05) is 0 Å². The molecular formula is C26H44O4S. The maximum Gasteiger partial charge on any atom is 0.335 e. The third-order valence-electron chi connectivity index (χ3n) is 10.7. The SMILES string of the molecule is CCC(=O)CC[C@@H](C)[C@H]1CC[C@H]2[C@@H]3CC[C@@H]4C[C@H](O)CC[C@]4(C)[C@H]3CC[C@]12C.O=S=O. The molecule has 0 radical (unpaired) electrons. The normalized spacial score (nSPS) is 44.7. The number of aliphatic hydroxyl groups excluding tert-OH is 1. The number of hydrogen-bond donors (Lipinski definition) is 1. The Hall–Kier alpha value is -0.550. The van der Waals surface area contributed by atoms with Crippen molar-refractivity contribution >= 4 is 17.4 Å². The van der Waals surface area contributed by atoms with E-state index in [1.54, 1.807) is 0 Å². The quantitative estimate of drug-likeness (QED) is 0.578. The third kappa shape index (κ3) is 4.74.